The second-order valence-corrected chi connectivity index (χ2v) is 6.43. The molecule has 1 aliphatic rings. The highest BCUT2D eigenvalue weighted by Crippen LogP contribution is 2.25. The maximum atomic E-state index is 5.94. The number of para-hydroxylation sites is 1. The minimum atomic E-state index is -0.189. The summed E-state index contributed by atoms with van der Waals surface area (Å²) in [6.45, 7) is 4.84. The molecule has 0 saturated carbocycles. The standard InChI is InChI=1S/C19H27N3O3/c1-14-15-6-4-5-7-16(15)25-17(14)12-21-18(20-2)22-13-19(23-3)8-10-24-11-9-19/h4-7H,8-13H2,1-3H3,(H2,20,21,22). The number of hydrogen-bond donors (Lipinski definition) is 2. The van der Waals surface area contributed by atoms with Crippen molar-refractivity contribution in [3.05, 3.63) is 35.6 Å². The first-order valence-electron chi connectivity index (χ1n) is 8.72. The molecule has 1 saturated heterocycles. The Morgan fingerprint density at radius 2 is 2.00 bits per heavy atom. The molecule has 2 heterocycles. The third-order valence-electron chi connectivity index (χ3n) is 5.00. The molecule has 0 aliphatic carbocycles. The van der Waals surface area contributed by atoms with Crippen LogP contribution in [-0.2, 0) is 16.0 Å². The van der Waals surface area contributed by atoms with Crippen LogP contribution in [0.15, 0.2) is 33.7 Å². The van der Waals surface area contributed by atoms with Crippen molar-refractivity contribution in [2.24, 2.45) is 4.99 Å². The van der Waals surface area contributed by atoms with Crippen LogP contribution in [-0.4, -0.2) is 45.5 Å². The number of aryl methyl sites for hydroxylation is 1. The molecule has 2 aromatic rings. The molecule has 6 nitrogen and oxygen atoms in total. The van der Waals surface area contributed by atoms with E-state index in [1.54, 1.807) is 14.2 Å². The van der Waals surface area contributed by atoms with Gasteiger partial charge in [-0.05, 0) is 13.0 Å². The number of fused-ring (bicyclic) bond motifs is 1. The van der Waals surface area contributed by atoms with E-state index in [4.69, 9.17) is 13.9 Å². The maximum Gasteiger partial charge on any atom is 0.191 e. The fourth-order valence-electron chi connectivity index (χ4n) is 3.22. The van der Waals surface area contributed by atoms with E-state index >= 15 is 0 Å². The summed E-state index contributed by atoms with van der Waals surface area (Å²) in [6.07, 6.45) is 1.77. The van der Waals surface area contributed by atoms with E-state index in [9.17, 15) is 0 Å². The summed E-state index contributed by atoms with van der Waals surface area (Å²) in [7, 11) is 3.53. The molecule has 25 heavy (non-hydrogen) atoms. The molecule has 0 spiro atoms. The Hall–Kier alpha value is -2.05. The molecule has 3 rings (SSSR count). The minimum absolute atomic E-state index is 0.189. The maximum absolute atomic E-state index is 5.94. The van der Waals surface area contributed by atoms with Crippen molar-refractivity contribution in [1.82, 2.24) is 10.6 Å². The first-order valence-corrected chi connectivity index (χ1v) is 8.72. The van der Waals surface area contributed by atoms with E-state index in [0.717, 1.165) is 54.3 Å². The van der Waals surface area contributed by atoms with E-state index in [1.165, 1.54) is 0 Å². The van der Waals surface area contributed by atoms with E-state index in [0.29, 0.717) is 13.1 Å². The topological polar surface area (TPSA) is 68.0 Å². The molecular formula is C19H27N3O3. The van der Waals surface area contributed by atoms with Gasteiger partial charge >= 0.3 is 0 Å². The SMILES string of the molecule is CN=C(NCc1oc2ccccc2c1C)NCC1(OC)CCOCC1. The summed E-state index contributed by atoms with van der Waals surface area (Å²) in [5.41, 5.74) is 1.89. The third kappa shape index (κ3) is 3.96. The van der Waals surface area contributed by atoms with E-state index in [1.807, 2.05) is 18.2 Å². The molecule has 0 amide bonds. The Kier molecular flexibility index (Phi) is 5.60. The van der Waals surface area contributed by atoms with Gasteiger partial charge in [-0.2, -0.15) is 0 Å². The highest BCUT2D eigenvalue weighted by atomic mass is 16.5. The van der Waals surface area contributed by atoms with Crippen LogP contribution in [0.1, 0.15) is 24.2 Å². The minimum Gasteiger partial charge on any atom is -0.459 e. The van der Waals surface area contributed by atoms with Crippen molar-refractivity contribution >= 4 is 16.9 Å². The highest BCUT2D eigenvalue weighted by molar-refractivity contribution is 5.83. The number of ether oxygens (including phenoxy) is 2. The van der Waals surface area contributed by atoms with Crippen molar-refractivity contribution in [2.75, 3.05) is 33.9 Å². The summed E-state index contributed by atoms with van der Waals surface area (Å²) in [4.78, 5) is 4.30. The number of guanidine groups is 1. The van der Waals surface area contributed by atoms with Crippen LogP contribution in [0.2, 0.25) is 0 Å². The fraction of sp³-hybridized carbons (Fsp3) is 0.526. The van der Waals surface area contributed by atoms with Crippen molar-refractivity contribution in [3.63, 3.8) is 0 Å². The number of furan rings is 1. The second kappa shape index (κ2) is 7.89. The summed E-state index contributed by atoms with van der Waals surface area (Å²) >= 11 is 0. The van der Waals surface area contributed by atoms with Crippen molar-refractivity contribution in [1.29, 1.82) is 0 Å². The molecular weight excluding hydrogens is 318 g/mol. The Morgan fingerprint density at radius 1 is 1.24 bits per heavy atom. The van der Waals surface area contributed by atoms with Crippen LogP contribution in [0.25, 0.3) is 11.0 Å². The summed E-state index contributed by atoms with van der Waals surface area (Å²) in [5.74, 6) is 1.67. The fourth-order valence-corrected chi connectivity index (χ4v) is 3.22. The average Bonchev–Trinajstić information content (AvgIpc) is 2.99. The quantitative estimate of drug-likeness (QED) is 0.644. The second-order valence-electron chi connectivity index (χ2n) is 6.43. The normalized spacial score (nSPS) is 17.6. The lowest BCUT2D eigenvalue weighted by molar-refractivity contribution is -0.0855. The molecule has 0 unspecified atom stereocenters. The van der Waals surface area contributed by atoms with Crippen molar-refractivity contribution in [2.45, 2.75) is 31.9 Å². The van der Waals surface area contributed by atoms with Gasteiger partial charge in [-0.15, -0.1) is 0 Å². The zero-order valence-corrected chi connectivity index (χ0v) is 15.2. The van der Waals surface area contributed by atoms with Gasteiger partial charge in [0.05, 0.1) is 12.1 Å². The van der Waals surface area contributed by atoms with Gasteiger partial charge in [-0.3, -0.25) is 4.99 Å². The molecule has 1 aliphatic heterocycles. The summed E-state index contributed by atoms with van der Waals surface area (Å²) in [5, 5.41) is 7.85. The number of methoxy groups -OCH3 is 1. The highest BCUT2D eigenvalue weighted by Gasteiger charge is 2.32. The number of rotatable bonds is 5. The first-order chi connectivity index (χ1) is 12.2. The van der Waals surface area contributed by atoms with Crippen LogP contribution in [0, 0.1) is 6.92 Å². The molecule has 1 fully saturated rings. The molecule has 0 bridgehead atoms. The Labute approximate surface area is 148 Å². The van der Waals surface area contributed by atoms with E-state index in [-0.39, 0.29) is 5.60 Å². The van der Waals surface area contributed by atoms with Crippen LogP contribution < -0.4 is 10.6 Å². The predicted octanol–water partition coefficient (Wildman–Crippen LogP) is 2.60. The van der Waals surface area contributed by atoms with Gasteiger partial charge in [0.1, 0.15) is 11.3 Å². The Bertz CT molecular complexity index is 733. The monoisotopic (exact) mass is 345 g/mol. The Morgan fingerprint density at radius 3 is 2.68 bits per heavy atom. The summed E-state index contributed by atoms with van der Waals surface area (Å²) in [6, 6.07) is 8.09. The van der Waals surface area contributed by atoms with Crippen LogP contribution in [0.4, 0.5) is 0 Å². The van der Waals surface area contributed by atoms with Crippen LogP contribution in [0.3, 0.4) is 0 Å². The van der Waals surface area contributed by atoms with Gasteiger partial charge in [0, 0.05) is 57.7 Å². The first kappa shape index (κ1) is 17.8. The molecule has 2 N–H and O–H groups in total. The number of benzene rings is 1. The third-order valence-corrected chi connectivity index (χ3v) is 5.00. The lowest BCUT2D eigenvalue weighted by Gasteiger charge is -2.36. The average molecular weight is 345 g/mol. The lowest BCUT2D eigenvalue weighted by Crippen LogP contribution is -2.50. The smallest absolute Gasteiger partial charge is 0.191 e. The van der Waals surface area contributed by atoms with Crippen LogP contribution in [0.5, 0.6) is 0 Å². The number of nitrogens with one attached hydrogen (secondary N) is 2. The van der Waals surface area contributed by atoms with Gasteiger partial charge in [-0.25, -0.2) is 0 Å². The largest absolute Gasteiger partial charge is 0.459 e. The van der Waals surface area contributed by atoms with Gasteiger partial charge in [-0.1, -0.05) is 18.2 Å². The zero-order chi connectivity index (χ0) is 17.7. The molecule has 136 valence electrons. The lowest BCUT2D eigenvalue weighted by atomic mass is 9.94. The molecule has 0 atom stereocenters. The number of hydrogen-bond acceptors (Lipinski definition) is 4. The molecule has 1 aromatic heterocycles. The van der Waals surface area contributed by atoms with Crippen molar-refractivity contribution in [3.8, 4) is 0 Å². The van der Waals surface area contributed by atoms with E-state index in [2.05, 4.69) is 28.6 Å². The van der Waals surface area contributed by atoms with Gasteiger partial charge in [0.15, 0.2) is 5.96 Å². The molecule has 6 heteroatoms. The van der Waals surface area contributed by atoms with Crippen LogP contribution >= 0.6 is 0 Å². The summed E-state index contributed by atoms with van der Waals surface area (Å²) < 4.78 is 17.1. The van der Waals surface area contributed by atoms with Gasteiger partial charge in [0.2, 0.25) is 0 Å². The Balaban J connectivity index is 1.59. The van der Waals surface area contributed by atoms with E-state index < -0.39 is 0 Å². The van der Waals surface area contributed by atoms with Gasteiger partial charge < -0.3 is 24.5 Å². The number of nitrogens with zero attached hydrogens (tertiary/aromatic N) is 1. The number of aliphatic imine (C=N–C) groups is 1. The molecule has 1 aromatic carbocycles. The predicted molar refractivity (Wildman–Crippen MR) is 98.9 cm³/mol. The zero-order valence-electron chi connectivity index (χ0n) is 15.2. The van der Waals surface area contributed by atoms with Gasteiger partial charge in [0.25, 0.3) is 0 Å². The van der Waals surface area contributed by atoms with Crippen molar-refractivity contribution < 1.29 is 13.9 Å². The molecule has 0 radical (unpaired) electrons.